The van der Waals surface area contributed by atoms with Gasteiger partial charge >= 0.3 is 6.18 Å². The lowest BCUT2D eigenvalue weighted by atomic mass is 9.96. The number of nitrogens with zero attached hydrogens (tertiary/aromatic N) is 2. The Morgan fingerprint density at radius 3 is 2.55 bits per heavy atom. The zero-order valence-electron chi connectivity index (χ0n) is 19.7. The van der Waals surface area contributed by atoms with Gasteiger partial charge in [-0.25, -0.2) is 4.39 Å². The van der Waals surface area contributed by atoms with Crippen LogP contribution in [0.15, 0.2) is 48.9 Å². The summed E-state index contributed by atoms with van der Waals surface area (Å²) in [4.78, 5) is 33.8. The van der Waals surface area contributed by atoms with Gasteiger partial charge in [0.25, 0.3) is 5.91 Å². The Balaban J connectivity index is 1.44. The summed E-state index contributed by atoms with van der Waals surface area (Å²) in [6, 6.07) is 4.99. The van der Waals surface area contributed by atoms with Crippen LogP contribution >= 0.6 is 0 Å². The van der Waals surface area contributed by atoms with Gasteiger partial charge in [-0.1, -0.05) is 0 Å². The maximum Gasteiger partial charge on any atom is 0.418 e. The molecular formula is C24H23F4N7O3. The van der Waals surface area contributed by atoms with Crippen LogP contribution in [0.25, 0.3) is 0 Å². The first-order chi connectivity index (χ1) is 18.0. The van der Waals surface area contributed by atoms with Gasteiger partial charge in [-0.05, 0) is 30.3 Å². The maximum atomic E-state index is 13.4. The molecule has 1 atom stereocenters. The van der Waals surface area contributed by atoms with Crippen molar-refractivity contribution in [2.45, 2.75) is 24.7 Å². The van der Waals surface area contributed by atoms with Crippen LogP contribution in [0.2, 0.25) is 0 Å². The molecule has 7 N–H and O–H groups in total. The Morgan fingerprint density at radius 2 is 1.89 bits per heavy atom. The highest BCUT2D eigenvalue weighted by Crippen LogP contribution is 2.36. The fourth-order valence-electron chi connectivity index (χ4n) is 3.85. The molecule has 3 heterocycles. The number of carbonyl (C=O) groups is 2. The molecule has 4 rings (SSSR count). The number of nitrogen functional groups attached to an aromatic ring is 2. The Bertz CT molecular complexity index is 1360. The van der Waals surface area contributed by atoms with Gasteiger partial charge in [-0.2, -0.15) is 13.2 Å². The quantitative estimate of drug-likeness (QED) is 0.290. The van der Waals surface area contributed by atoms with E-state index in [1.54, 1.807) is 0 Å². The lowest BCUT2D eigenvalue weighted by Crippen LogP contribution is -2.59. The molecule has 0 saturated carbocycles. The van der Waals surface area contributed by atoms with E-state index < -0.39 is 34.9 Å². The number of amides is 2. The summed E-state index contributed by atoms with van der Waals surface area (Å²) < 4.78 is 58.5. The summed E-state index contributed by atoms with van der Waals surface area (Å²) in [5.74, 6) is -2.12. The third kappa shape index (κ3) is 5.91. The number of alkyl halides is 3. The highest BCUT2D eigenvalue weighted by molar-refractivity contribution is 5.99. The van der Waals surface area contributed by atoms with E-state index in [1.165, 1.54) is 30.7 Å². The molecule has 0 unspecified atom stereocenters. The normalized spacial score (nSPS) is 17.2. The van der Waals surface area contributed by atoms with Crippen LogP contribution in [0.3, 0.4) is 0 Å². The van der Waals surface area contributed by atoms with Crippen molar-refractivity contribution in [2.24, 2.45) is 0 Å². The highest BCUT2D eigenvalue weighted by Gasteiger charge is 2.44. The van der Waals surface area contributed by atoms with E-state index in [0.717, 1.165) is 12.1 Å². The van der Waals surface area contributed by atoms with Gasteiger partial charge in [0.05, 0.1) is 58.9 Å². The van der Waals surface area contributed by atoms with Crippen LogP contribution in [0.1, 0.15) is 28.0 Å². The van der Waals surface area contributed by atoms with Crippen molar-refractivity contribution in [3.63, 3.8) is 0 Å². The Labute approximate surface area is 213 Å². The molecule has 38 heavy (non-hydrogen) atoms. The lowest BCUT2D eigenvalue weighted by molar-refractivity contribution is -0.137. The first kappa shape index (κ1) is 26.6. The van der Waals surface area contributed by atoms with Crippen molar-refractivity contribution in [1.82, 2.24) is 20.6 Å². The summed E-state index contributed by atoms with van der Waals surface area (Å²) in [6.45, 7) is 0.0466. The molecule has 1 aliphatic rings. The van der Waals surface area contributed by atoms with Crippen LogP contribution in [0.4, 0.5) is 40.3 Å². The summed E-state index contributed by atoms with van der Waals surface area (Å²) in [7, 11) is 0. The smallest absolute Gasteiger partial charge is 0.397 e. The number of ether oxygens (including phenoxy) is 1. The van der Waals surface area contributed by atoms with E-state index in [2.05, 4.69) is 25.9 Å². The number of aromatic nitrogens is 2. The molecule has 1 saturated heterocycles. The summed E-state index contributed by atoms with van der Waals surface area (Å²) in [5, 5.41) is 7.90. The zero-order chi connectivity index (χ0) is 27.5. The van der Waals surface area contributed by atoms with Crippen LogP contribution in [0.5, 0.6) is 0 Å². The number of anilines is 4. The number of benzene rings is 1. The number of pyridine rings is 2. The van der Waals surface area contributed by atoms with E-state index in [-0.39, 0.29) is 60.2 Å². The maximum absolute atomic E-state index is 13.4. The predicted octanol–water partition coefficient (Wildman–Crippen LogP) is 2.75. The monoisotopic (exact) mass is 533 g/mol. The van der Waals surface area contributed by atoms with E-state index in [9.17, 15) is 27.2 Å². The SMILES string of the molecule is Nc1cncc(C(=O)N[C@@]2(C(=O)NCc3ncc(Nc4ccc(F)cc4C(F)(F)F)cc3N)CCOC2)c1. The van der Waals surface area contributed by atoms with E-state index in [0.29, 0.717) is 6.07 Å². The highest BCUT2D eigenvalue weighted by atomic mass is 19.4. The Kier molecular flexibility index (Phi) is 7.35. The minimum absolute atomic E-state index is 0.0642. The standard InChI is InChI=1S/C24H23F4N7O3/c25-14-1-2-19(17(6-14)24(26,27)28)34-16-7-18(30)20(32-10-16)11-33-22(37)23(3-4-38-12-23)35-21(36)13-5-15(29)9-31-8-13/h1-2,5-10,34H,3-4,11-12,29-30H2,(H,33,37)(H,35,36)/t23-/m0/s1. The molecule has 1 aliphatic heterocycles. The van der Waals surface area contributed by atoms with Gasteiger partial charge in [-0.15, -0.1) is 0 Å². The minimum Gasteiger partial charge on any atom is -0.397 e. The molecule has 0 spiro atoms. The van der Waals surface area contributed by atoms with Crippen molar-refractivity contribution < 1.29 is 31.9 Å². The molecule has 0 bridgehead atoms. The first-order valence-corrected chi connectivity index (χ1v) is 11.2. The van der Waals surface area contributed by atoms with Crippen molar-refractivity contribution in [1.29, 1.82) is 0 Å². The molecule has 1 aromatic carbocycles. The summed E-state index contributed by atoms with van der Waals surface area (Å²) in [6.07, 6.45) is -0.649. The number of hydrogen-bond acceptors (Lipinski definition) is 8. The number of halogens is 4. The molecule has 10 nitrogen and oxygen atoms in total. The van der Waals surface area contributed by atoms with Crippen LogP contribution < -0.4 is 27.4 Å². The summed E-state index contributed by atoms with van der Waals surface area (Å²) in [5.41, 5.74) is 9.67. The second kappa shape index (κ2) is 10.5. The molecule has 2 aromatic heterocycles. The second-order valence-electron chi connectivity index (χ2n) is 8.60. The largest absolute Gasteiger partial charge is 0.418 e. The number of hydrogen-bond donors (Lipinski definition) is 5. The Morgan fingerprint density at radius 1 is 1.11 bits per heavy atom. The Hall–Kier alpha value is -4.46. The molecule has 14 heteroatoms. The van der Waals surface area contributed by atoms with Gasteiger partial charge in [0, 0.05) is 25.4 Å². The topological polar surface area (TPSA) is 157 Å². The van der Waals surface area contributed by atoms with E-state index >= 15 is 0 Å². The minimum atomic E-state index is -4.79. The molecule has 2 amide bonds. The van der Waals surface area contributed by atoms with Crippen molar-refractivity contribution >= 4 is 34.6 Å². The van der Waals surface area contributed by atoms with Crippen molar-refractivity contribution in [2.75, 3.05) is 30.0 Å². The van der Waals surface area contributed by atoms with E-state index in [4.69, 9.17) is 16.2 Å². The zero-order valence-corrected chi connectivity index (χ0v) is 19.7. The number of carbonyl (C=O) groups excluding carboxylic acids is 2. The van der Waals surface area contributed by atoms with Gasteiger partial charge in [0.15, 0.2) is 0 Å². The number of rotatable bonds is 7. The van der Waals surface area contributed by atoms with Gasteiger partial charge in [0.1, 0.15) is 11.4 Å². The van der Waals surface area contributed by atoms with Crippen LogP contribution in [-0.4, -0.2) is 40.5 Å². The molecule has 200 valence electrons. The number of nitrogens with two attached hydrogens (primary N) is 2. The lowest BCUT2D eigenvalue weighted by Gasteiger charge is -2.27. The number of nitrogens with one attached hydrogen (secondary N) is 3. The fraction of sp³-hybridized carbons (Fsp3) is 0.250. The van der Waals surface area contributed by atoms with Crippen molar-refractivity contribution in [3.05, 3.63) is 71.6 Å². The molecular weight excluding hydrogens is 510 g/mol. The third-order valence-corrected chi connectivity index (χ3v) is 5.82. The fourth-order valence-corrected chi connectivity index (χ4v) is 3.85. The summed E-state index contributed by atoms with van der Waals surface area (Å²) >= 11 is 0. The predicted molar refractivity (Wildman–Crippen MR) is 129 cm³/mol. The van der Waals surface area contributed by atoms with Crippen LogP contribution in [0, 0.1) is 5.82 Å². The third-order valence-electron chi connectivity index (χ3n) is 5.82. The van der Waals surface area contributed by atoms with Gasteiger partial charge in [-0.3, -0.25) is 19.6 Å². The second-order valence-corrected chi connectivity index (χ2v) is 8.60. The molecule has 3 aromatic rings. The van der Waals surface area contributed by atoms with Gasteiger partial charge < -0.3 is 32.2 Å². The molecule has 0 aliphatic carbocycles. The average Bonchev–Trinajstić information content (AvgIpc) is 3.33. The molecule has 0 radical (unpaired) electrons. The van der Waals surface area contributed by atoms with Gasteiger partial charge in [0.2, 0.25) is 5.91 Å². The molecule has 1 fully saturated rings. The van der Waals surface area contributed by atoms with E-state index in [1.807, 2.05) is 0 Å². The van der Waals surface area contributed by atoms with Crippen LogP contribution in [-0.2, 0) is 22.3 Å². The first-order valence-electron chi connectivity index (χ1n) is 11.2. The average molecular weight is 533 g/mol. The van der Waals surface area contributed by atoms with Crippen molar-refractivity contribution in [3.8, 4) is 0 Å².